The predicted octanol–water partition coefficient (Wildman–Crippen LogP) is 3.44. The summed E-state index contributed by atoms with van der Waals surface area (Å²) in [6.07, 6.45) is 2.54. The van der Waals surface area contributed by atoms with Crippen LogP contribution in [0.5, 0.6) is 5.75 Å². The molecular formula is C21H35N3O2. The van der Waals surface area contributed by atoms with E-state index in [9.17, 15) is 0 Å². The summed E-state index contributed by atoms with van der Waals surface area (Å²) in [5.41, 5.74) is 1.24. The van der Waals surface area contributed by atoms with Gasteiger partial charge >= 0.3 is 0 Å². The van der Waals surface area contributed by atoms with Crippen LogP contribution < -0.4 is 10.1 Å². The van der Waals surface area contributed by atoms with E-state index in [1.807, 2.05) is 12.1 Å². The maximum atomic E-state index is 5.76. The fraction of sp³-hybridized carbons (Fsp3) is 0.667. The van der Waals surface area contributed by atoms with Crippen LogP contribution in [0.25, 0.3) is 0 Å². The van der Waals surface area contributed by atoms with Gasteiger partial charge in [0.2, 0.25) is 0 Å². The predicted molar refractivity (Wildman–Crippen MR) is 108 cm³/mol. The first kappa shape index (κ1) is 20.6. The topological polar surface area (TPSA) is 46.1 Å². The molecule has 1 aliphatic rings. The van der Waals surface area contributed by atoms with Crippen molar-refractivity contribution in [1.29, 1.82) is 0 Å². The van der Waals surface area contributed by atoms with Crippen molar-refractivity contribution in [1.82, 2.24) is 10.2 Å². The zero-order valence-electron chi connectivity index (χ0n) is 17.0. The van der Waals surface area contributed by atoms with Crippen molar-refractivity contribution in [3.05, 3.63) is 29.8 Å². The van der Waals surface area contributed by atoms with E-state index in [-0.39, 0.29) is 5.41 Å². The highest BCUT2D eigenvalue weighted by molar-refractivity contribution is 5.80. The molecule has 26 heavy (non-hydrogen) atoms. The number of guanidine groups is 1. The summed E-state index contributed by atoms with van der Waals surface area (Å²) < 4.78 is 11.0. The first-order chi connectivity index (χ1) is 12.5. The van der Waals surface area contributed by atoms with Crippen LogP contribution in [0, 0.1) is 0 Å². The summed E-state index contributed by atoms with van der Waals surface area (Å²) >= 11 is 0. The van der Waals surface area contributed by atoms with Crippen LogP contribution in [0.15, 0.2) is 29.3 Å². The van der Waals surface area contributed by atoms with Crippen molar-refractivity contribution in [3.8, 4) is 5.75 Å². The molecule has 1 heterocycles. The molecule has 0 amide bonds. The van der Waals surface area contributed by atoms with Gasteiger partial charge in [0.25, 0.3) is 0 Å². The second-order valence-corrected chi connectivity index (χ2v) is 7.42. The molecular weight excluding hydrogens is 326 g/mol. The molecule has 0 unspecified atom stereocenters. The number of hydrogen-bond acceptors (Lipinski definition) is 3. The number of ether oxygens (including phenoxy) is 2. The molecule has 1 aliphatic heterocycles. The Morgan fingerprint density at radius 3 is 2.38 bits per heavy atom. The molecule has 0 atom stereocenters. The first-order valence-electron chi connectivity index (χ1n) is 9.79. The largest absolute Gasteiger partial charge is 0.497 e. The van der Waals surface area contributed by atoms with Crippen LogP contribution in [0.3, 0.4) is 0 Å². The monoisotopic (exact) mass is 361 g/mol. The smallest absolute Gasteiger partial charge is 0.193 e. The van der Waals surface area contributed by atoms with Crippen molar-refractivity contribution in [2.45, 2.75) is 52.1 Å². The fourth-order valence-electron chi connectivity index (χ4n) is 3.30. The van der Waals surface area contributed by atoms with Crippen molar-refractivity contribution in [3.63, 3.8) is 0 Å². The molecule has 146 valence electrons. The molecule has 0 spiro atoms. The van der Waals surface area contributed by atoms with Crippen molar-refractivity contribution in [2.75, 3.05) is 39.9 Å². The second-order valence-electron chi connectivity index (χ2n) is 7.42. The van der Waals surface area contributed by atoms with E-state index in [4.69, 9.17) is 14.5 Å². The lowest BCUT2D eigenvalue weighted by atomic mass is 9.85. The number of benzene rings is 1. The van der Waals surface area contributed by atoms with Crippen molar-refractivity contribution in [2.24, 2.45) is 4.99 Å². The molecule has 5 nitrogen and oxygen atoms in total. The molecule has 0 saturated carbocycles. The number of nitrogens with zero attached hydrogens (tertiary/aromatic N) is 2. The molecule has 5 heteroatoms. The Bertz CT molecular complexity index is 561. The summed E-state index contributed by atoms with van der Waals surface area (Å²) in [4.78, 5) is 7.32. The first-order valence-corrected chi connectivity index (χ1v) is 9.79. The minimum absolute atomic E-state index is 0.0312. The van der Waals surface area contributed by atoms with Gasteiger partial charge in [0, 0.05) is 31.7 Å². The van der Waals surface area contributed by atoms with Gasteiger partial charge in [-0.1, -0.05) is 26.0 Å². The SMILES string of the molecule is CCNC(=NCC(C)(C)c1ccc(OC)cc1)N1CCC(OCC)CC1. The van der Waals surface area contributed by atoms with Gasteiger partial charge < -0.3 is 19.7 Å². The Labute approximate surface area is 158 Å². The standard InChI is InChI=1S/C21H35N3O2/c1-6-22-20(24-14-12-19(13-15-24)26-7-2)23-16-21(3,4)17-8-10-18(25-5)11-9-17/h8-11,19H,6-7,12-16H2,1-5H3,(H,22,23). The van der Waals surface area contributed by atoms with E-state index in [1.54, 1.807) is 7.11 Å². The maximum absolute atomic E-state index is 5.76. The van der Waals surface area contributed by atoms with E-state index in [2.05, 4.69) is 50.0 Å². The molecule has 0 aromatic heterocycles. The second kappa shape index (κ2) is 9.81. The third-order valence-corrected chi connectivity index (χ3v) is 4.97. The quantitative estimate of drug-likeness (QED) is 0.597. The molecule has 1 saturated heterocycles. The zero-order valence-corrected chi connectivity index (χ0v) is 17.0. The average molecular weight is 362 g/mol. The Hall–Kier alpha value is -1.75. The third kappa shape index (κ3) is 5.63. The molecule has 1 fully saturated rings. The van der Waals surface area contributed by atoms with Gasteiger partial charge in [0.05, 0.1) is 19.8 Å². The molecule has 1 N–H and O–H groups in total. The lowest BCUT2D eigenvalue weighted by molar-refractivity contribution is 0.0263. The van der Waals surface area contributed by atoms with E-state index >= 15 is 0 Å². The summed E-state index contributed by atoms with van der Waals surface area (Å²) in [5, 5.41) is 3.46. The van der Waals surface area contributed by atoms with Gasteiger partial charge in [0.1, 0.15) is 5.75 Å². The number of nitrogens with one attached hydrogen (secondary N) is 1. The van der Waals surface area contributed by atoms with Gasteiger partial charge in [-0.3, -0.25) is 4.99 Å². The number of likely N-dealkylation sites (tertiary alicyclic amines) is 1. The van der Waals surface area contributed by atoms with E-state index in [0.29, 0.717) is 6.10 Å². The van der Waals surface area contributed by atoms with Gasteiger partial charge in [-0.05, 0) is 44.4 Å². The fourth-order valence-corrected chi connectivity index (χ4v) is 3.30. The normalized spacial score (nSPS) is 16.7. The number of aliphatic imine (C=N–C) groups is 1. The van der Waals surface area contributed by atoms with E-state index < -0.39 is 0 Å². The lowest BCUT2D eigenvalue weighted by Crippen LogP contribution is -2.47. The minimum Gasteiger partial charge on any atom is -0.497 e. The van der Waals surface area contributed by atoms with Crippen LogP contribution in [-0.2, 0) is 10.2 Å². The van der Waals surface area contributed by atoms with Crippen LogP contribution in [-0.4, -0.2) is 56.9 Å². The van der Waals surface area contributed by atoms with Crippen LogP contribution in [0.4, 0.5) is 0 Å². The van der Waals surface area contributed by atoms with Crippen molar-refractivity contribution >= 4 is 5.96 Å². The molecule has 0 bridgehead atoms. The molecule has 2 rings (SSSR count). The Kier molecular flexibility index (Phi) is 7.76. The van der Waals surface area contributed by atoms with Gasteiger partial charge in [-0.2, -0.15) is 0 Å². The summed E-state index contributed by atoms with van der Waals surface area (Å²) in [6, 6.07) is 8.30. The van der Waals surface area contributed by atoms with Crippen LogP contribution in [0.1, 0.15) is 46.1 Å². The summed E-state index contributed by atoms with van der Waals surface area (Å²) in [5.74, 6) is 1.91. The molecule has 1 aromatic rings. The summed E-state index contributed by atoms with van der Waals surface area (Å²) in [7, 11) is 1.70. The zero-order chi connectivity index (χ0) is 19.0. The Balaban J connectivity index is 2.03. The van der Waals surface area contributed by atoms with Crippen molar-refractivity contribution < 1.29 is 9.47 Å². The van der Waals surface area contributed by atoms with Gasteiger partial charge in [0.15, 0.2) is 5.96 Å². The highest BCUT2D eigenvalue weighted by Crippen LogP contribution is 2.26. The summed E-state index contributed by atoms with van der Waals surface area (Å²) in [6.45, 7) is 13.1. The van der Waals surface area contributed by atoms with Gasteiger partial charge in [-0.25, -0.2) is 0 Å². The lowest BCUT2D eigenvalue weighted by Gasteiger charge is -2.34. The maximum Gasteiger partial charge on any atom is 0.193 e. The third-order valence-electron chi connectivity index (χ3n) is 4.97. The number of piperidine rings is 1. The number of methoxy groups -OCH3 is 1. The average Bonchev–Trinajstić information content (AvgIpc) is 2.66. The Morgan fingerprint density at radius 2 is 1.85 bits per heavy atom. The molecule has 0 aliphatic carbocycles. The van der Waals surface area contributed by atoms with Crippen LogP contribution in [0.2, 0.25) is 0 Å². The van der Waals surface area contributed by atoms with E-state index in [1.165, 1.54) is 5.56 Å². The highest BCUT2D eigenvalue weighted by Gasteiger charge is 2.24. The van der Waals surface area contributed by atoms with Gasteiger partial charge in [-0.15, -0.1) is 0 Å². The van der Waals surface area contributed by atoms with Crippen LogP contribution >= 0.6 is 0 Å². The highest BCUT2D eigenvalue weighted by atomic mass is 16.5. The molecule has 1 aromatic carbocycles. The minimum atomic E-state index is -0.0312. The molecule has 0 radical (unpaired) electrons. The Morgan fingerprint density at radius 1 is 1.19 bits per heavy atom. The number of rotatable bonds is 7. The van der Waals surface area contributed by atoms with E-state index in [0.717, 1.165) is 57.3 Å². The number of hydrogen-bond donors (Lipinski definition) is 1.